The van der Waals surface area contributed by atoms with Gasteiger partial charge in [0.05, 0.1) is 18.9 Å². The van der Waals surface area contributed by atoms with Gasteiger partial charge in [-0.25, -0.2) is 4.79 Å². The molecule has 1 rings (SSSR count). The molecule has 1 aliphatic carbocycles. The molecule has 2 unspecified atom stereocenters. The van der Waals surface area contributed by atoms with Crippen LogP contribution in [0, 0.1) is 5.92 Å². The van der Waals surface area contributed by atoms with Crippen molar-refractivity contribution in [1.82, 2.24) is 10.2 Å². The minimum absolute atomic E-state index is 0.114. The Labute approximate surface area is 124 Å². The molecule has 120 valence electrons. The summed E-state index contributed by atoms with van der Waals surface area (Å²) in [6.45, 7) is 2.34. The Morgan fingerprint density at radius 3 is 2.67 bits per heavy atom. The zero-order chi connectivity index (χ0) is 15.8. The Bertz CT molecular complexity index is 386. The highest BCUT2D eigenvalue weighted by molar-refractivity contribution is 5.76. The Morgan fingerprint density at radius 2 is 2.05 bits per heavy atom. The van der Waals surface area contributed by atoms with E-state index in [1.54, 1.807) is 14.0 Å². The number of ether oxygens (including phenoxy) is 1. The summed E-state index contributed by atoms with van der Waals surface area (Å²) in [5.74, 6) is -1.51. The molecule has 7 nitrogen and oxygen atoms in total. The van der Waals surface area contributed by atoms with Crippen molar-refractivity contribution in [3.63, 3.8) is 0 Å². The lowest BCUT2D eigenvalue weighted by Gasteiger charge is -2.29. The van der Waals surface area contributed by atoms with Gasteiger partial charge in [-0.1, -0.05) is 6.42 Å². The highest BCUT2D eigenvalue weighted by Crippen LogP contribution is 2.24. The van der Waals surface area contributed by atoms with Gasteiger partial charge in [0.1, 0.15) is 0 Å². The van der Waals surface area contributed by atoms with Crippen molar-refractivity contribution < 1.29 is 24.2 Å². The zero-order valence-electron chi connectivity index (χ0n) is 12.6. The number of carboxylic acid groups (broad SMARTS) is 1. The number of aliphatic carboxylic acids is 1. The third kappa shape index (κ3) is 6.01. The first-order chi connectivity index (χ1) is 9.93. The van der Waals surface area contributed by atoms with Gasteiger partial charge in [-0.2, -0.15) is 0 Å². The van der Waals surface area contributed by atoms with Gasteiger partial charge in [-0.05, 0) is 26.2 Å². The van der Waals surface area contributed by atoms with Crippen LogP contribution < -0.4 is 5.32 Å². The van der Waals surface area contributed by atoms with Crippen molar-refractivity contribution in [3.05, 3.63) is 0 Å². The van der Waals surface area contributed by atoms with Crippen LogP contribution in [0.3, 0.4) is 0 Å². The second kappa shape index (κ2) is 8.49. The number of rotatable bonds is 6. The fraction of sp³-hybridized carbons (Fsp3) is 0.786. The lowest BCUT2D eigenvalue weighted by Crippen LogP contribution is -2.46. The molecular formula is C14H24N2O5. The largest absolute Gasteiger partial charge is 0.481 e. The molecular weight excluding hydrogens is 276 g/mol. The summed E-state index contributed by atoms with van der Waals surface area (Å²) in [6.07, 6.45) is 2.88. The molecule has 1 saturated carbocycles. The predicted molar refractivity (Wildman–Crippen MR) is 75.8 cm³/mol. The minimum Gasteiger partial charge on any atom is -0.481 e. The first-order valence-corrected chi connectivity index (χ1v) is 7.34. The number of urea groups is 1. The molecule has 0 aromatic carbocycles. The van der Waals surface area contributed by atoms with E-state index in [-0.39, 0.29) is 36.9 Å². The molecule has 0 spiro atoms. The molecule has 0 aliphatic heterocycles. The van der Waals surface area contributed by atoms with Crippen molar-refractivity contribution in [2.45, 2.75) is 45.1 Å². The first-order valence-electron chi connectivity index (χ1n) is 7.34. The smallest absolute Gasteiger partial charge is 0.317 e. The average Bonchev–Trinajstić information content (AvgIpc) is 2.45. The van der Waals surface area contributed by atoms with Crippen LogP contribution in [0.5, 0.6) is 0 Å². The van der Waals surface area contributed by atoms with Crippen molar-refractivity contribution >= 4 is 18.0 Å². The Balaban J connectivity index is 2.34. The van der Waals surface area contributed by atoms with Crippen LogP contribution in [0.15, 0.2) is 0 Å². The summed E-state index contributed by atoms with van der Waals surface area (Å²) < 4.78 is 4.80. The highest BCUT2D eigenvalue weighted by atomic mass is 16.5. The van der Waals surface area contributed by atoms with Gasteiger partial charge in [0.2, 0.25) is 0 Å². The van der Waals surface area contributed by atoms with Gasteiger partial charge in [0.25, 0.3) is 0 Å². The molecule has 2 atom stereocenters. The second-order valence-corrected chi connectivity index (χ2v) is 5.32. The maximum Gasteiger partial charge on any atom is 0.317 e. The van der Waals surface area contributed by atoms with Gasteiger partial charge in [-0.3, -0.25) is 9.59 Å². The molecule has 0 saturated heterocycles. The molecule has 0 radical (unpaired) electrons. The monoisotopic (exact) mass is 300 g/mol. The van der Waals surface area contributed by atoms with Gasteiger partial charge >= 0.3 is 18.0 Å². The molecule has 1 fully saturated rings. The van der Waals surface area contributed by atoms with Gasteiger partial charge < -0.3 is 20.1 Å². The number of amides is 2. The number of carboxylic acids is 1. The van der Waals surface area contributed by atoms with Crippen LogP contribution in [0.2, 0.25) is 0 Å². The number of carbonyl (C=O) groups is 3. The molecule has 1 aliphatic rings. The Morgan fingerprint density at radius 1 is 1.33 bits per heavy atom. The Hall–Kier alpha value is -1.79. The van der Waals surface area contributed by atoms with Crippen molar-refractivity contribution in [1.29, 1.82) is 0 Å². The summed E-state index contributed by atoms with van der Waals surface area (Å²) >= 11 is 0. The van der Waals surface area contributed by atoms with E-state index in [1.807, 2.05) is 0 Å². The van der Waals surface area contributed by atoms with Crippen LogP contribution in [0.4, 0.5) is 4.79 Å². The lowest BCUT2D eigenvalue weighted by atomic mass is 9.86. The average molecular weight is 300 g/mol. The van der Waals surface area contributed by atoms with Crippen LogP contribution in [0.1, 0.15) is 39.0 Å². The van der Waals surface area contributed by atoms with Crippen LogP contribution >= 0.6 is 0 Å². The van der Waals surface area contributed by atoms with Crippen LogP contribution in [-0.2, 0) is 14.3 Å². The van der Waals surface area contributed by atoms with Crippen molar-refractivity contribution in [3.8, 4) is 0 Å². The minimum atomic E-state index is -0.801. The van der Waals surface area contributed by atoms with Gasteiger partial charge in [-0.15, -0.1) is 0 Å². The zero-order valence-corrected chi connectivity index (χ0v) is 12.6. The summed E-state index contributed by atoms with van der Waals surface area (Å²) in [4.78, 5) is 35.6. The van der Waals surface area contributed by atoms with Gasteiger partial charge in [0, 0.05) is 19.6 Å². The van der Waals surface area contributed by atoms with Crippen molar-refractivity contribution in [2.75, 3.05) is 20.2 Å². The Kier molecular flexibility index (Phi) is 6.98. The van der Waals surface area contributed by atoms with Crippen LogP contribution in [-0.4, -0.2) is 54.2 Å². The normalized spacial score (nSPS) is 21.4. The SMILES string of the molecule is CCOC(=O)CCN(C)C(=O)NC1CCCC(C(=O)O)C1. The third-order valence-corrected chi connectivity index (χ3v) is 3.65. The van der Waals surface area contributed by atoms with Crippen molar-refractivity contribution in [2.24, 2.45) is 5.92 Å². The molecule has 0 aromatic rings. The maximum absolute atomic E-state index is 12.0. The summed E-state index contributed by atoms with van der Waals surface area (Å²) in [6, 6.07) is -0.396. The second-order valence-electron chi connectivity index (χ2n) is 5.32. The number of hydrogen-bond donors (Lipinski definition) is 2. The number of nitrogens with zero attached hydrogens (tertiary/aromatic N) is 1. The predicted octanol–water partition coefficient (Wildman–Crippen LogP) is 1.22. The maximum atomic E-state index is 12.0. The van der Waals surface area contributed by atoms with E-state index in [9.17, 15) is 14.4 Å². The van der Waals surface area contributed by atoms with E-state index in [0.717, 1.165) is 12.8 Å². The molecule has 2 N–H and O–H groups in total. The fourth-order valence-electron chi connectivity index (χ4n) is 2.42. The lowest BCUT2D eigenvalue weighted by molar-refractivity contribution is -0.144. The summed E-state index contributed by atoms with van der Waals surface area (Å²) in [7, 11) is 1.60. The van der Waals surface area contributed by atoms with Crippen LogP contribution in [0.25, 0.3) is 0 Å². The standard InChI is InChI=1S/C14H24N2O5/c1-3-21-12(17)7-8-16(2)14(20)15-11-6-4-5-10(9-11)13(18)19/h10-11H,3-9H2,1-2H3,(H,15,20)(H,18,19). The van der Waals surface area contributed by atoms with E-state index in [2.05, 4.69) is 5.32 Å². The van der Waals surface area contributed by atoms with Gasteiger partial charge in [0.15, 0.2) is 0 Å². The summed E-state index contributed by atoms with van der Waals surface area (Å²) in [5.41, 5.74) is 0. The topological polar surface area (TPSA) is 95.9 Å². The van der Waals surface area contributed by atoms with E-state index < -0.39 is 5.97 Å². The number of carbonyl (C=O) groups excluding carboxylic acids is 2. The van der Waals surface area contributed by atoms with E-state index in [1.165, 1.54) is 4.90 Å². The molecule has 21 heavy (non-hydrogen) atoms. The molecule has 0 heterocycles. The summed E-state index contributed by atoms with van der Waals surface area (Å²) in [5, 5.41) is 11.9. The molecule has 2 amide bonds. The number of hydrogen-bond acceptors (Lipinski definition) is 4. The molecule has 7 heteroatoms. The van der Waals surface area contributed by atoms with E-state index in [4.69, 9.17) is 9.84 Å². The quantitative estimate of drug-likeness (QED) is 0.719. The first kappa shape index (κ1) is 17.3. The van der Waals surface area contributed by atoms with E-state index >= 15 is 0 Å². The fourth-order valence-corrected chi connectivity index (χ4v) is 2.42. The number of esters is 1. The molecule has 0 bridgehead atoms. The number of nitrogens with one attached hydrogen (secondary N) is 1. The molecule has 0 aromatic heterocycles. The highest BCUT2D eigenvalue weighted by Gasteiger charge is 2.28. The van der Waals surface area contributed by atoms with E-state index in [0.29, 0.717) is 19.4 Å². The third-order valence-electron chi connectivity index (χ3n) is 3.65.